The molecule has 0 aromatic carbocycles. The van der Waals surface area contributed by atoms with Crippen LogP contribution in [0.3, 0.4) is 0 Å². The van der Waals surface area contributed by atoms with Crippen molar-refractivity contribution in [2.45, 2.75) is 56.7 Å². The average Bonchev–Trinajstić information content (AvgIpc) is 3.13. The first-order valence-electron chi connectivity index (χ1n) is 9.87. The van der Waals surface area contributed by atoms with Crippen molar-refractivity contribution in [2.24, 2.45) is 15.9 Å². The maximum Gasteiger partial charge on any atom is 0.238 e. The zero-order valence-corrected chi connectivity index (χ0v) is 16.3. The minimum absolute atomic E-state index is 0.0563. The molecule has 2 aliphatic heterocycles. The number of allylic oxidation sites excluding steroid dienone is 2. The molecular weight excluding hydrogens is 344 g/mol. The number of fused-ring (bicyclic) bond motifs is 1. The number of hydrogen-bond acceptors (Lipinski definition) is 5. The highest BCUT2D eigenvalue weighted by atomic mass is 32.2. The zero-order chi connectivity index (χ0) is 17.9. The number of nitrogens with zero attached hydrogens (tertiary/aromatic N) is 2. The first kappa shape index (κ1) is 18.0. The molecule has 1 atom stereocenters. The van der Waals surface area contributed by atoms with Gasteiger partial charge in [0.1, 0.15) is 11.8 Å². The van der Waals surface area contributed by atoms with E-state index < -0.39 is 0 Å². The summed E-state index contributed by atoms with van der Waals surface area (Å²) in [5.74, 6) is 1.39. The predicted molar refractivity (Wildman–Crippen MR) is 109 cm³/mol. The van der Waals surface area contributed by atoms with Crippen LogP contribution >= 0.6 is 11.8 Å². The Morgan fingerprint density at radius 1 is 1.19 bits per heavy atom. The highest BCUT2D eigenvalue weighted by molar-refractivity contribution is 8.00. The number of hydrogen-bond donors (Lipinski definition) is 2. The maximum atomic E-state index is 12.6. The van der Waals surface area contributed by atoms with Crippen LogP contribution in [0.15, 0.2) is 33.4 Å². The fraction of sp³-hybridized carbons (Fsp3) is 0.650. The summed E-state index contributed by atoms with van der Waals surface area (Å²) in [7, 11) is 0. The van der Waals surface area contributed by atoms with Gasteiger partial charge in [0.25, 0.3) is 0 Å². The summed E-state index contributed by atoms with van der Waals surface area (Å²) >= 11 is 1.92. The summed E-state index contributed by atoms with van der Waals surface area (Å²) in [5.41, 5.74) is 2.90. The third-order valence-electron chi connectivity index (χ3n) is 5.61. The van der Waals surface area contributed by atoms with Crippen molar-refractivity contribution in [2.75, 3.05) is 18.8 Å². The molecule has 1 saturated carbocycles. The lowest BCUT2D eigenvalue weighted by atomic mass is 9.88. The lowest BCUT2D eigenvalue weighted by Crippen LogP contribution is -2.43. The maximum absolute atomic E-state index is 12.6. The fourth-order valence-corrected chi connectivity index (χ4v) is 5.31. The molecule has 1 unspecified atom stereocenters. The van der Waals surface area contributed by atoms with Crippen molar-refractivity contribution in [1.82, 2.24) is 10.6 Å². The zero-order valence-electron chi connectivity index (χ0n) is 15.5. The molecule has 2 fully saturated rings. The molecule has 4 rings (SSSR count). The van der Waals surface area contributed by atoms with Crippen molar-refractivity contribution in [3.63, 3.8) is 0 Å². The Morgan fingerprint density at radius 3 is 2.73 bits per heavy atom. The van der Waals surface area contributed by atoms with Crippen LogP contribution in [0.5, 0.6) is 0 Å². The molecule has 5 nitrogen and oxygen atoms in total. The van der Waals surface area contributed by atoms with Gasteiger partial charge < -0.3 is 10.6 Å². The van der Waals surface area contributed by atoms with Crippen molar-refractivity contribution >= 4 is 29.2 Å². The first-order valence-corrected chi connectivity index (χ1v) is 10.9. The molecule has 0 spiro atoms. The van der Waals surface area contributed by atoms with Crippen LogP contribution in [-0.2, 0) is 4.79 Å². The van der Waals surface area contributed by atoms with E-state index in [0.29, 0.717) is 11.3 Å². The lowest BCUT2D eigenvalue weighted by Gasteiger charge is -2.28. The van der Waals surface area contributed by atoms with Gasteiger partial charge in [-0.2, -0.15) is 11.8 Å². The Bertz CT molecular complexity index is 682. The average molecular weight is 373 g/mol. The van der Waals surface area contributed by atoms with E-state index in [2.05, 4.69) is 16.7 Å². The second kappa shape index (κ2) is 8.09. The molecular formula is C20H28N4OS. The van der Waals surface area contributed by atoms with Crippen molar-refractivity contribution in [1.29, 1.82) is 0 Å². The topological polar surface area (TPSA) is 65.8 Å². The smallest absolute Gasteiger partial charge is 0.238 e. The summed E-state index contributed by atoms with van der Waals surface area (Å²) < 4.78 is 0. The first-order chi connectivity index (χ1) is 12.7. The number of piperidine rings is 1. The van der Waals surface area contributed by atoms with Crippen LogP contribution in [0, 0.1) is 5.92 Å². The Morgan fingerprint density at radius 2 is 1.96 bits per heavy atom. The van der Waals surface area contributed by atoms with Gasteiger partial charge in [0.15, 0.2) is 0 Å². The van der Waals surface area contributed by atoms with E-state index >= 15 is 0 Å². The van der Waals surface area contributed by atoms with Gasteiger partial charge in [-0.15, -0.1) is 0 Å². The minimum atomic E-state index is -0.245. The van der Waals surface area contributed by atoms with E-state index in [9.17, 15) is 4.79 Å². The van der Waals surface area contributed by atoms with Gasteiger partial charge in [-0.25, -0.2) is 4.99 Å². The highest BCUT2D eigenvalue weighted by Gasteiger charge is 2.33. The van der Waals surface area contributed by atoms with Crippen LogP contribution in [-0.4, -0.2) is 47.6 Å². The number of amidine groups is 1. The molecule has 2 N–H and O–H groups in total. The second-order valence-electron chi connectivity index (χ2n) is 7.69. The molecule has 1 amide bonds. The Labute approximate surface area is 159 Å². The lowest BCUT2D eigenvalue weighted by molar-refractivity contribution is -0.121. The normalized spacial score (nSPS) is 29.1. The third-order valence-corrected chi connectivity index (χ3v) is 7.00. The van der Waals surface area contributed by atoms with Gasteiger partial charge >= 0.3 is 0 Å². The molecule has 0 aromatic rings. The van der Waals surface area contributed by atoms with Gasteiger partial charge in [0, 0.05) is 5.25 Å². The Kier molecular flexibility index (Phi) is 5.60. The standard InChI is InChI=1S/C20H28N4OS/c1-13-10-15(22-14-4-2-3-5-14)11-17-19(13)20(25)24-18(23-17)12-26-16-6-8-21-9-7-16/h10-11,14,16,19,21H,2-9,12H2,1H3,(H,23,24,25). The van der Waals surface area contributed by atoms with E-state index in [1.807, 2.05) is 24.8 Å². The monoisotopic (exact) mass is 372 g/mol. The summed E-state index contributed by atoms with van der Waals surface area (Å²) in [4.78, 5) is 22.3. The number of carbonyl (C=O) groups is 1. The van der Waals surface area contributed by atoms with E-state index in [0.717, 1.165) is 41.7 Å². The highest BCUT2D eigenvalue weighted by Crippen LogP contribution is 2.30. The molecule has 0 radical (unpaired) electrons. The SMILES string of the molecule is CC1=CC(=NC2CCCC2)C=C2N=C(CSC3CCNCC3)NC(=O)C12. The van der Waals surface area contributed by atoms with Gasteiger partial charge in [-0.1, -0.05) is 18.4 Å². The Balaban J connectivity index is 1.48. The van der Waals surface area contributed by atoms with Gasteiger partial charge in [-0.3, -0.25) is 9.79 Å². The van der Waals surface area contributed by atoms with Gasteiger partial charge in [0.2, 0.25) is 5.91 Å². The summed E-state index contributed by atoms with van der Waals surface area (Å²) in [6, 6.07) is 0.443. The molecule has 2 heterocycles. The van der Waals surface area contributed by atoms with E-state index in [1.165, 1.54) is 38.5 Å². The van der Waals surface area contributed by atoms with Crippen molar-refractivity contribution in [3.8, 4) is 0 Å². The predicted octanol–water partition coefficient (Wildman–Crippen LogP) is 2.84. The quantitative estimate of drug-likeness (QED) is 0.797. The Hall–Kier alpha value is -1.40. The van der Waals surface area contributed by atoms with Crippen LogP contribution in [0.1, 0.15) is 45.4 Å². The van der Waals surface area contributed by atoms with Crippen LogP contribution in [0.4, 0.5) is 0 Å². The second-order valence-corrected chi connectivity index (χ2v) is 8.98. The van der Waals surface area contributed by atoms with Gasteiger partial charge in [-0.05, 0) is 57.8 Å². The number of aliphatic imine (C=N–C) groups is 2. The van der Waals surface area contributed by atoms with E-state index in [1.54, 1.807) is 0 Å². The van der Waals surface area contributed by atoms with Crippen molar-refractivity contribution < 1.29 is 4.79 Å². The molecule has 4 aliphatic rings. The van der Waals surface area contributed by atoms with E-state index in [4.69, 9.17) is 9.98 Å². The van der Waals surface area contributed by atoms with Gasteiger partial charge in [0.05, 0.1) is 23.2 Å². The van der Waals surface area contributed by atoms with Crippen LogP contribution in [0.25, 0.3) is 0 Å². The molecule has 0 aromatic heterocycles. The number of nitrogens with one attached hydrogen (secondary N) is 2. The number of thioether (sulfide) groups is 1. The number of amides is 1. The molecule has 1 saturated heterocycles. The largest absolute Gasteiger partial charge is 0.317 e. The molecule has 26 heavy (non-hydrogen) atoms. The number of carbonyl (C=O) groups excluding carboxylic acids is 1. The number of rotatable bonds is 4. The van der Waals surface area contributed by atoms with Crippen LogP contribution in [0.2, 0.25) is 0 Å². The van der Waals surface area contributed by atoms with Crippen LogP contribution < -0.4 is 10.6 Å². The summed E-state index contributed by atoms with van der Waals surface area (Å²) in [6.45, 7) is 4.20. The molecule has 140 valence electrons. The molecule has 0 bridgehead atoms. The van der Waals surface area contributed by atoms with E-state index in [-0.39, 0.29) is 11.8 Å². The fourth-order valence-electron chi connectivity index (χ4n) is 4.21. The summed E-state index contributed by atoms with van der Waals surface area (Å²) in [6.07, 6.45) is 11.4. The summed E-state index contributed by atoms with van der Waals surface area (Å²) in [5, 5.41) is 7.08. The van der Waals surface area contributed by atoms with Crippen molar-refractivity contribution in [3.05, 3.63) is 23.4 Å². The third kappa shape index (κ3) is 4.12. The minimum Gasteiger partial charge on any atom is -0.317 e. The molecule has 2 aliphatic carbocycles. The molecule has 6 heteroatoms.